The molecule has 24 heavy (non-hydrogen) atoms. The van der Waals surface area contributed by atoms with Crippen LogP contribution < -0.4 is 5.73 Å². The Morgan fingerprint density at radius 3 is 1.25 bits per heavy atom. The van der Waals surface area contributed by atoms with Crippen LogP contribution in [0.5, 0.6) is 0 Å². The predicted octanol–water partition coefficient (Wildman–Crippen LogP) is 4.43. The lowest BCUT2D eigenvalue weighted by Crippen LogP contribution is -2.84. The topological polar surface area (TPSA) is 27.6 Å². The minimum atomic E-state index is -7.62. The largest absolute Gasteiger partial charge is 0.460 e. The Bertz CT molecular complexity index is 437. The summed E-state index contributed by atoms with van der Waals surface area (Å²) >= 11 is 0. The maximum atomic E-state index is 13.7. The van der Waals surface area contributed by atoms with Gasteiger partial charge in [-0.1, -0.05) is 13.8 Å². The van der Waals surface area contributed by atoms with Crippen molar-refractivity contribution in [2.75, 3.05) is 0 Å². The number of hydrogen-bond acceptors (Lipinski definition) is 0. The predicted molar refractivity (Wildman–Crippen MR) is 56.6 cm³/mol. The normalized spacial score (nSPS) is 18.0. The van der Waals surface area contributed by atoms with Gasteiger partial charge < -0.3 is 5.73 Å². The molecule has 1 nitrogen and oxygen atoms in total. The highest BCUT2D eigenvalue weighted by Crippen LogP contribution is 2.59. The van der Waals surface area contributed by atoms with Gasteiger partial charge in [0.25, 0.3) is 0 Å². The summed E-state index contributed by atoms with van der Waals surface area (Å²) in [6, 6.07) is 0. The highest BCUT2D eigenvalue weighted by Gasteiger charge is 2.90. The molecule has 0 aliphatic heterocycles. The van der Waals surface area contributed by atoms with Gasteiger partial charge in [-0.05, 0) is 12.3 Å². The molecule has 0 aliphatic rings. The Morgan fingerprint density at radius 2 is 0.958 bits per heavy atom. The first-order chi connectivity index (χ1) is 10.2. The van der Waals surface area contributed by atoms with Crippen molar-refractivity contribution < 1.29 is 58.4 Å². The van der Waals surface area contributed by atoms with Crippen LogP contribution >= 0.6 is 0 Å². The van der Waals surface area contributed by atoms with Crippen LogP contribution in [0, 0.1) is 5.92 Å². The highest BCUT2D eigenvalue weighted by atomic mass is 19.4. The molecule has 0 bridgehead atoms. The van der Waals surface area contributed by atoms with Crippen molar-refractivity contribution >= 4 is 0 Å². The van der Waals surface area contributed by atoms with Gasteiger partial charge >= 0.3 is 35.7 Å². The van der Waals surface area contributed by atoms with E-state index < -0.39 is 54.4 Å². The van der Waals surface area contributed by atoms with E-state index in [2.05, 4.69) is 0 Å². The van der Waals surface area contributed by atoms with Crippen LogP contribution in [0.15, 0.2) is 0 Å². The molecule has 0 aromatic rings. The van der Waals surface area contributed by atoms with Crippen LogP contribution in [0.25, 0.3) is 0 Å². The summed E-state index contributed by atoms with van der Waals surface area (Å²) in [6.45, 7) is 2.61. The zero-order valence-corrected chi connectivity index (χ0v) is 12.2. The molecule has 0 rings (SSSR count). The number of quaternary nitrogens is 1. The van der Waals surface area contributed by atoms with Gasteiger partial charge in [0.05, 0.1) is 0 Å². The molecule has 0 aliphatic carbocycles. The van der Waals surface area contributed by atoms with Gasteiger partial charge in [-0.3, -0.25) is 0 Å². The Balaban J connectivity index is 6.01. The summed E-state index contributed by atoms with van der Waals surface area (Å²) in [6.07, 6.45) is -9.43. The molecule has 0 saturated heterocycles. The fraction of sp³-hybridized carbons (Fsp3) is 1.00. The summed E-state index contributed by atoms with van der Waals surface area (Å²) in [7, 11) is 0. The molecule has 0 amide bonds. The second kappa shape index (κ2) is 6.13. The minimum Gasteiger partial charge on any atom is -0.321 e. The van der Waals surface area contributed by atoms with Crippen LogP contribution in [0.1, 0.15) is 26.7 Å². The van der Waals surface area contributed by atoms with Gasteiger partial charge in [0.15, 0.2) is 0 Å². The van der Waals surface area contributed by atoms with E-state index in [9.17, 15) is 52.7 Å². The molecule has 1 atom stereocenters. The quantitative estimate of drug-likeness (QED) is 0.494. The first-order valence-electron chi connectivity index (χ1n) is 6.29. The van der Waals surface area contributed by atoms with Crippen LogP contribution in [0.3, 0.4) is 0 Å². The maximum Gasteiger partial charge on any atom is 0.460 e. The van der Waals surface area contributed by atoms with Gasteiger partial charge in [0.2, 0.25) is 0 Å². The molecular weight excluding hydrogens is 374 g/mol. The standard InChI is InChI=1S/C11H13F12N/c1-5(2)3-4-6(12,24)7(13,14)8(15,16)9(17,18)10(19,20)11(21,22)23/h5H,3-4,24H2,1-2H3/p+1. The Hall–Kier alpha value is -0.880. The van der Waals surface area contributed by atoms with Gasteiger partial charge in [0.1, 0.15) is 0 Å². The summed E-state index contributed by atoms with van der Waals surface area (Å²) in [5, 5.41) is 0. The lowest BCUT2D eigenvalue weighted by Gasteiger charge is -2.39. The lowest BCUT2D eigenvalue weighted by molar-refractivity contribution is -0.592. The second-order valence-electron chi connectivity index (χ2n) is 5.69. The van der Waals surface area contributed by atoms with Crippen LogP contribution in [0.4, 0.5) is 52.7 Å². The molecule has 146 valence electrons. The number of alkyl halides is 12. The van der Waals surface area contributed by atoms with E-state index in [0.29, 0.717) is 0 Å². The van der Waals surface area contributed by atoms with Crippen molar-refractivity contribution in [1.29, 1.82) is 0 Å². The summed E-state index contributed by atoms with van der Waals surface area (Å²) in [5.74, 6) is -34.4. The molecule has 0 fully saturated rings. The summed E-state index contributed by atoms with van der Waals surface area (Å²) in [5.41, 5.74) is 1.98. The third kappa shape index (κ3) is 3.40. The third-order valence-electron chi connectivity index (χ3n) is 3.22. The molecule has 0 spiro atoms. The second-order valence-corrected chi connectivity index (χ2v) is 5.69. The molecule has 0 aromatic carbocycles. The molecule has 13 heteroatoms. The average molecular weight is 388 g/mol. The van der Waals surface area contributed by atoms with E-state index in [0.717, 1.165) is 0 Å². The van der Waals surface area contributed by atoms with E-state index in [1.165, 1.54) is 13.8 Å². The zero-order valence-electron chi connectivity index (χ0n) is 12.2. The SMILES string of the molecule is CC(C)CCC([NH3+])(F)C(F)(F)C(F)(F)C(F)(F)C(F)(F)C(F)(F)F. The van der Waals surface area contributed by atoms with Gasteiger partial charge in [0, 0.05) is 6.42 Å². The average Bonchev–Trinajstić information content (AvgIpc) is 2.34. The van der Waals surface area contributed by atoms with Gasteiger partial charge in [-0.2, -0.15) is 52.7 Å². The summed E-state index contributed by atoms with van der Waals surface area (Å²) < 4.78 is 154. The Kier molecular flexibility index (Phi) is 5.91. The third-order valence-corrected chi connectivity index (χ3v) is 3.22. The molecule has 1 unspecified atom stereocenters. The van der Waals surface area contributed by atoms with E-state index in [4.69, 9.17) is 0 Å². The van der Waals surface area contributed by atoms with Crippen molar-refractivity contribution in [3.8, 4) is 0 Å². The lowest BCUT2D eigenvalue weighted by atomic mass is 9.88. The fourth-order valence-corrected chi connectivity index (χ4v) is 1.53. The van der Waals surface area contributed by atoms with E-state index >= 15 is 0 Å². The zero-order chi connectivity index (χ0) is 20.0. The Morgan fingerprint density at radius 1 is 0.625 bits per heavy atom. The highest BCUT2D eigenvalue weighted by molar-refractivity contribution is 5.09. The van der Waals surface area contributed by atoms with Crippen molar-refractivity contribution in [3.05, 3.63) is 0 Å². The Labute approximate surface area is 128 Å². The molecule has 0 saturated carbocycles. The molecule has 0 radical (unpaired) electrons. The van der Waals surface area contributed by atoms with Crippen molar-refractivity contribution in [2.45, 2.75) is 62.3 Å². The molecule has 0 heterocycles. The monoisotopic (exact) mass is 388 g/mol. The number of hydrogen-bond donors (Lipinski definition) is 1. The van der Waals surface area contributed by atoms with Crippen molar-refractivity contribution in [2.24, 2.45) is 5.92 Å². The van der Waals surface area contributed by atoms with Crippen molar-refractivity contribution in [3.63, 3.8) is 0 Å². The van der Waals surface area contributed by atoms with Crippen LogP contribution in [0.2, 0.25) is 0 Å². The molecular formula is C11H14F12N+. The van der Waals surface area contributed by atoms with Crippen molar-refractivity contribution in [1.82, 2.24) is 0 Å². The smallest absolute Gasteiger partial charge is 0.321 e. The number of halogens is 12. The maximum absolute atomic E-state index is 13.7. The van der Waals surface area contributed by atoms with Crippen LogP contribution in [-0.4, -0.2) is 35.7 Å². The molecule has 0 aromatic heterocycles. The van der Waals surface area contributed by atoms with E-state index in [-0.39, 0.29) is 0 Å². The first kappa shape index (κ1) is 23.1. The minimum absolute atomic E-state index is 0.590. The van der Waals surface area contributed by atoms with E-state index in [1.807, 2.05) is 5.73 Å². The number of rotatable bonds is 7. The fourth-order valence-electron chi connectivity index (χ4n) is 1.53. The van der Waals surface area contributed by atoms with E-state index in [1.54, 1.807) is 0 Å². The van der Waals surface area contributed by atoms with Gasteiger partial charge in [-0.25, -0.2) is 0 Å². The van der Waals surface area contributed by atoms with Crippen LogP contribution in [-0.2, 0) is 0 Å². The summed E-state index contributed by atoms with van der Waals surface area (Å²) in [4.78, 5) is 0. The van der Waals surface area contributed by atoms with Gasteiger partial charge in [-0.15, -0.1) is 0 Å². The first-order valence-corrected chi connectivity index (χ1v) is 6.29. The molecule has 3 N–H and O–H groups in total.